The highest BCUT2D eigenvalue weighted by Crippen LogP contribution is 2.35. The topological polar surface area (TPSA) is 9.23 Å². The molecule has 1 aliphatic rings. The van der Waals surface area contributed by atoms with Gasteiger partial charge in [0.05, 0.1) is 12.7 Å². The highest BCUT2D eigenvalue weighted by molar-refractivity contribution is 5.67. The normalized spacial score (nSPS) is 20.2. The monoisotopic (exact) mass is 360 g/mol. The lowest BCUT2D eigenvalue weighted by molar-refractivity contribution is -0.0211. The summed E-state index contributed by atoms with van der Waals surface area (Å²) < 4.78 is 48.7. The molecule has 0 bridgehead atoms. The summed E-state index contributed by atoms with van der Waals surface area (Å²) in [6.45, 7) is 6.24. The molecule has 0 saturated carbocycles. The minimum absolute atomic E-state index is 0.0334. The molecule has 4 heteroatoms. The van der Waals surface area contributed by atoms with Crippen LogP contribution < -0.4 is 0 Å². The lowest BCUT2D eigenvalue weighted by Gasteiger charge is -2.29. The maximum Gasteiger partial charge on any atom is 0.167 e. The number of hydrogen-bond donors (Lipinski definition) is 0. The fraction of sp³-hybridized carbons (Fsp3) is 0.364. The summed E-state index contributed by atoms with van der Waals surface area (Å²) in [7, 11) is 0. The Labute approximate surface area is 152 Å². The van der Waals surface area contributed by atoms with Crippen LogP contribution in [-0.2, 0) is 4.74 Å². The molecule has 1 saturated heterocycles. The van der Waals surface area contributed by atoms with Crippen molar-refractivity contribution in [3.8, 4) is 11.1 Å². The van der Waals surface area contributed by atoms with Gasteiger partial charge in [0.15, 0.2) is 11.6 Å². The van der Waals surface area contributed by atoms with Crippen LogP contribution in [0, 0.1) is 23.4 Å². The average Bonchev–Trinajstić information content (AvgIpc) is 2.65. The van der Waals surface area contributed by atoms with E-state index in [0.717, 1.165) is 25.7 Å². The maximum atomic E-state index is 14.6. The second-order valence-electron chi connectivity index (χ2n) is 6.82. The first-order valence-corrected chi connectivity index (χ1v) is 9.07. The molecule has 2 aromatic rings. The summed E-state index contributed by atoms with van der Waals surface area (Å²) in [5.74, 6) is -1.88. The lowest BCUT2D eigenvalue weighted by Crippen LogP contribution is -2.21. The molecule has 2 aromatic carbocycles. The van der Waals surface area contributed by atoms with E-state index in [1.54, 1.807) is 12.1 Å². The van der Waals surface area contributed by atoms with Gasteiger partial charge in [0, 0.05) is 16.7 Å². The molecule has 0 radical (unpaired) electrons. The van der Waals surface area contributed by atoms with Gasteiger partial charge in [-0.25, -0.2) is 13.2 Å². The second-order valence-corrected chi connectivity index (χ2v) is 6.82. The van der Waals surface area contributed by atoms with E-state index >= 15 is 0 Å². The van der Waals surface area contributed by atoms with Crippen molar-refractivity contribution in [2.45, 2.75) is 38.7 Å². The van der Waals surface area contributed by atoms with Gasteiger partial charge in [-0.05, 0) is 36.8 Å². The molecule has 0 spiro atoms. The summed E-state index contributed by atoms with van der Waals surface area (Å²) in [5.41, 5.74) is 0.900. The zero-order valence-electron chi connectivity index (χ0n) is 14.9. The zero-order valence-corrected chi connectivity index (χ0v) is 14.9. The number of benzene rings is 2. The smallest absolute Gasteiger partial charge is 0.167 e. The SMILES string of the molecule is C=Cc1ccc(-c2ccc(C3CCC(CCC)CO3)c(F)c2)c(F)c1F. The van der Waals surface area contributed by atoms with E-state index in [4.69, 9.17) is 4.74 Å². The van der Waals surface area contributed by atoms with Gasteiger partial charge in [-0.3, -0.25) is 0 Å². The van der Waals surface area contributed by atoms with Gasteiger partial charge in [0.1, 0.15) is 5.82 Å². The van der Waals surface area contributed by atoms with E-state index in [0.29, 0.717) is 23.7 Å². The van der Waals surface area contributed by atoms with Crippen molar-refractivity contribution in [3.63, 3.8) is 0 Å². The minimum Gasteiger partial charge on any atom is -0.373 e. The third kappa shape index (κ3) is 3.70. The van der Waals surface area contributed by atoms with E-state index in [-0.39, 0.29) is 17.2 Å². The first-order chi connectivity index (χ1) is 12.5. The Morgan fingerprint density at radius 2 is 1.92 bits per heavy atom. The summed E-state index contributed by atoms with van der Waals surface area (Å²) >= 11 is 0. The molecular weight excluding hydrogens is 337 g/mol. The van der Waals surface area contributed by atoms with Crippen molar-refractivity contribution < 1.29 is 17.9 Å². The Morgan fingerprint density at radius 3 is 2.54 bits per heavy atom. The standard InChI is InChI=1S/C22H23F3O/c1-3-5-14-6-11-20(26-13-14)18-10-8-16(12-19(18)23)17-9-7-15(4-2)21(24)22(17)25/h4,7-10,12,14,20H,2-3,5-6,11,13H2,1H3. The van der Waals surface area contributed by atoms with Crippen LogP contribution in [0.2, 0.25) is 0 Å². The molecule has 0 aliphatic carbocycles. The van der Waals surface area contributed by atoms with Crippen molar-refractivity contribution in [1.29, 1.82) is 0 Å². The van der Waals surface area contributed by atoms with Gasteiger partial charge in [-0.15, -0.1) is 0 Å². The van der Waals surface area contributed by atoms with Crippen LogP contribution in [-0.4, -0.2) is 6.61 Å². The van der Waals surface area contributed by atoms with Gasteiger partial charge in [-0.1, -0.05) is 50.3 Å². The summed E-state index contributed by atoms with van der Waals surface area (Å²) in [6.07, 6.45) is 5.01. The largest absolute Gasteiger partial charge is 0.373 e. The van der Waals surface area contributed by atoms with Crippen LogP contribution in [0.4, 0.5) is 13.2 Å². The maximum absolute atomic E-state index is 14.6. The first-order valence-electron chi connectivity index (χ1n) is 9.07. The Bertz CT molecular complexity index is 792. The van der Waals surface area contributed by atoms with Crippen LogP contribution in [0.1, 0.15) is 49.8 Å². The Balaban J connectivity index is 1.83. The number of halogens is 3. The molecule has 26 heavy (non-hydrogen) atoms. The highest BCUT2D eigenvalue weighted by atomic mass is 19.2. The molecule has 2 atom stereocenters. The van der Waals surface area contributed by atoms with Crippen molar-refractivity contribution in [2.75, 3.05) is 6.61 Å². The van der Waals surface area contributed by atoms with Crippen molar-refractivity contribution in [1.82, 2.24) is 0 Å². The fourth-order valence-corrected chi connectivity index (χ4v) is 3.59. The zero-order chi connectivity index (χ0) is 18.7. The number of ether oxygens (including phenoxy) is 1. The third-order valence-electron chi connectivity index (χ3n) is 5.06. The van der Waals surface area contributed by atoms with Gasteiger partial charge < -0.3 is 4.74 Å². The van der Waals surface area contributed by atoms with Crippen molar-refractivity contribution in [3.05, 3.63) is 65.5 Å². The Kier molecular flexibility index (Phi) is 5.82. The third-order valence-corrected chi connectivity index (χ3v) is 5.06. The molecule has 0 N–H and O–H groups in total. The first kappa shape index (κ1) is 18.7. The molecule has 1 aliphatic heterocycles. The molecule has 3 rings (SSSR count). The number of hydrogen-bond acceptors (Lipinski definition) is 1. The molecule has 0 amide bonds. The lowest BCUT2D eigenvalue weighted by atomic mass is 9.91. The molecule has 2 unspecified atom stereocenters. The van der Waals surface area contributed by atoms with Gasteiger partial charge >= 0.3 is 0 Å². The van der Waals surface area contributed by atoms with Crippen LogP contribution in [0.25, 0.3) is 17.2 Å². The van der Waals surface area contributed by atoms with E-state index in [1.165, 1.54) is 24.3 Å². The number of rotatable bonds is 5. The van der Waals surface area contributed by atoms with Gasteiger partial charge in [0.25, 0.3) is 0 Å². The van der Waals surface area contributed by atoms with Crippen LogP contribution in [0.5, 0.6) is 0 Å². The van der Waals surface area contributed by atoms with E-state index in [2.05, 4.69) is 13.5 Å². The summed E-state index contributed by atoms with van der Waals surface area (Å²) in [6, 6.07) is 7.36. The molecule has 1 nitrogen and oxygen atoms in total. The quantitative estimate of drug-likeness (QED) is 0.578. The Morgan fingerprint density at radius 1 is 1.12 bits per heavy atom. The predicted molar refractivity (Wildman–Crippen MR) is 98.2 cm³/mol. The molecule has 0 aromatic heterocycles. The second kappa shape index (κ2) is 8.09. The fourth-order valence-electron chi connectivity index (χ4n) is 3.59. The predicted octanol–water partition coefficient (Wildman–Crippen LogP) is 6.68. The van der Waals surface area contributed by atoms with Crippen LogP contribution in [0.3, 0.4) is 0 Å². The minimum atomic E-state index is -0.995. The molecular formula is C22H23F3O. The van der Waals surface area contributed by atoms with Gasteiger partial charge in [-0.2, -0.15) is 0 Å². The van der Waals surface area contributed by atoms with Gasteiger partial charge in [0.2, 0.25) is 0 Å². The van der Waals surface area contributed by atoms with E-state index in [1.807, 2.05) is 0 Å². The average molecular weight is 360 g/mol. The molecule has 138 valence electrons. The highest BCUT2D eigenvalue weighted by Gasteiger charge is 2.25. The van der Waals surface area contributed by atoms with Crippen molar-refractivity contribution >= 4 is 6.08 Å². The van der Waals surface area contributed by atoms with Crippen molar-refractivity contribution in [2.24, 2.45) is 5.92 Å². The summed E-state index contributed by atoms with van der Waals surface area (Å²) in [4.78, 5) is 0. The van der Waals surface area contributed by atoms with E-state index < -0.39 is 17.5 Å². The van der Waals surface area contributed by atoms with E-state index in [9.17, 15) is 13.2 Å². The van der Waals surface area contributed by atoms with Crippen LogP contribution in [0.15, 0.2) is 36.9 Å². The Hall–Kier alpha value is -2.07. The molecule has 1 heterocycles. The molecule has 1 fully saturated rings. The van der Waals surface area contributed by atoms with Crippen LogP contribution >= 0.6 is 0 Å². The summed E-state index contributed by atoms with van der Waals surface area (Å²) in [5, 5.41) is 0.